The molecule has 0 heterocycles. The number of aliphatic hydroxyl groups excluding tert-OH is 1. The second-order valence-corrected chi connectivity index (χ2v) is 5.32. The maximum Gasteiger partial charge on any atom is 0.292 e. The number of benzene rings is 2. The molecule has 0 saturated carbocycles. The van der Waals surface area contributed by atoms with Crippen LogP contribution in [0.15, 0.2) is 54.6 Å². The molecule has 1 atom stereocenters. The Hall–Kier alpha value is -2.93. The molecule has 0 fully saturated rings. The predicted octanol–water partition coefficient (Wildman–Crippen LogP) is 1.88. The highest BCUT2D eigenvalue weighted by Gasteiger charge is 2.19. The fourth-order valence-electron chi connectivity index (χ4n) is 2.40. The molecule has 0 saturated heterocycles. The Morgan fingerprint density at radius 3 is 2.46 bits per heavy atom. The molecular formula is C17H19N3O4. The molecule has 0 aliphatic rings. The first-order valence-corrected chi connectivity index (χ1v) is 7.42. The normalized spacial score (nSPS) is 11.6. The standard InChI is InChI=1S/C17H19N3O4/c1-19(15-9-5-6-10-16(15)20(23)24)11-17(22)18-14(12-21)13-7-3-2-4-8-13/h2-10,14,21H,11-12H2,1H3,(H,18,22). The van der Waals surface area contributed by atoms with Crippen LogP contribution in [0.5, 0.6) is 0 Å². The third-order valence-electron chi connectivity index (χ3n) is 3.59. The Morgan fingerprint density at radius 1 is 1.21 bits per heavy atom. The summed E-state index contributed by atoms with van der Waals surface area (Å²) in [7, 11) is 1.61. The monoisotopic (exact) mass is 329 g/mol. The smallest absolute Gasteiger partial charge is 0.292 e. The molecule has 2 aromatic rings. The van der Waals surface area contributed by atoms with Crippen LogP contribution >= 0.6 is 0 Å². The summed E-state index contributed by atoms with van der Waals surface area (Å²) in [5.41, 5.74) is 1.09. The zero-order valence-electron chi connectivity index (χ0n) is 13.3. The molecule has 2 N–H and O–H groups in total. The summed E-state index contributed by atoms with van der Waals surface area (Å²) in [6.07, 6.45) is 0. The Bertz CT molecular complexity index is 706. The number of carbonyl (C=O) groups excluding carboxylic acids is 1. The topological polar surface area (TPSA) is 95.7 Å². The highest BCUT2D eigenvalue weighted by molar-refractivity contribution is 5.82. The minimum absolute atomic E-state index is 0.0606. The van der Waals surface area contributed by atoms with Crippen molar-refractivity contribution < 1.29 is 14.8 Å². The summed E-state index contributed by atoms with van der Waals surface area (Å²) in [5, 5.41) is 23.3. The third-order valence-corrected chi connectivity index (χ3v) is 3.59. The Morgan fingerprint density at radius 2 is 1.83 bits per heavy atom. The van der Waals surface area contributed by atoms with E-state index < -0.39 is 11.0 Å². The van der Waals surface area contributed by atoms with E-state index >= 15 is 0 Å². The van der Waals surface area contributed by atoms with E-state index in [1.807, 2.05) is 30.3 Å². The molecule has 7 heteroatoms. The van der Waals surface area contributed by atoms with Crippen molar-refractivity contribution in [2.75, 3.05) is 25.1 Å². The number of hydrogen-bond donors (Lipinski definition) is 2. The van der Waals surface area contributed by atoms with Crippen LogP contribution in [-0.4, -0.2) is 36.1 Å². The number of nitrogens with one attached hydrogen (secondary N) is 1. The molecule has 126 valence electrons. The number of rotatable bonds is 7. The average molecular weight is 329 g/mol. The van der Waals surface area contributed by atoms with Gasteiger partial charge in [0.25, 0.3) is 5.69 Å². The van der Waals surface area contributed by atoms with Gasteiger partial charge in [-0.15, -0.1) is 0 Å². The molecule has 2 rings (SSSR count). The maximum absolute atomic E-state index is 12.2. The van der Waals surface area contributed by atoms with Crippen LogP contribution in [0.1, 0.15) is 11.6 Å². The highest BCUT2D eigenvalue weighted by Crippen LogP contribution is 2.26. The zero-order valence-corrected chi connectivity index (χ0v) is 13.3. The van der Waals surface area contributed by atoms with E-state index in [4.69, 9.17) is 0 Å². The van der Waals surface area contributed by atoms with E-state index in [-0.39, 0.29) is 24.7 Å². The van der Waals surface area contributed by atoms with Gasteiger partial charge in [-0.3, -0.25) is 14.9 Å². The third kappa shape index (κ3) is 4.30. The van der Waals surface area contributed by atoms with E-state index in [0.29, 0.717) is 5.69 Å². The Balaban J connectivity index is 2.05. The van der Waals surface area contributed by atoms with Gasteiger partial charge in [-0.1, -0.05) is 42.5 Å². The number of nitrogens with zero attached hydrogens (tertiary/aromatic N) is 2. The number of nitro benzene ring substituents is 1. The van der Waals surface area contributed by atoms with Crippen LogP contribution in [-0.2, 0) is 4.79 Å². The van der Waals surface area contributed by atoms with Crippen molar-refractivity contribution in [3.8, 4) is 0 Å². The number of aliphatic hydroxyl groups is 1. The van der Waals surface area contributed by atoms with Crippen molar-refractivity contribution >= 4 is 17.3 Å². The predicted molar refractivity (Wildman–Crippen MR) is 90.8 cm³/mol. The highest BCUT2D eigenvalue weighted by atomic mass is 16.6. The lowest BCUT2D eigenvalue weighted by atomic mass is 10.1. The summed E-state index contributed by atoms with van der Waals surface area (Å²) >= 11 is 0. The number of anilines is 1. The fraction of sp³-hybridized carbons (Fsp3) is 0.235. The quantitative estimate of drug-likeness (QED) is 0.597. The maximum atomic E-state index is 12.2. The second kappa shape index (κ2) is 8.07. The van der Waals surface area contributed by atoms with Crippen LogP contribution in [0, 0.1) is 10.1 Å². The molecule has 1 amide bonds. The van der Waals surface area contributed by atoms with Gasteiger partial charge in [0.15, 0.2) is 0 Å². The second-order valence-electron chi connectivity index (χ2n) is 5.32. The summed E-state index contributed by atoms with van der Waals surface area (Å²) in [4.78, 5) is 24.3. The number of para-hydroxylation sites is 2. The molecule has 0 radical (unpaired) electrons. The number of hydrogen-bond acceptors (Lipinski definition) is 5. The van der Waals surface area contributed by atoms with Crippen molar-refractivity contribution in [3.63, 3.8) is 0 Å². The van der Waals surface area contributed by atoms with Crippen molar-refractivity contribution in [1.29, 1.82) is 0 Å². The van der Waals surface area contributed by atoms with Crippen LogP contribution in [0.25, 0.3) is 0 Å². The molecule has 0 aliphatic carbocycles. The summed E-state index contributed by atoms with van der Waals surface area (Å²) in [5.74, 6) is -0.335. The first-order chi connectivity index (χ1) is 11.5. The summed E-state index contributed by atoms with van der Waals surface area (Å²) in [6, 6.07) is 14.8. The van der Waals surface area contributed by atoms with Crippen LogP contribution < -0.4 is 10.2 Å². The number of amides is 1. The minimum atomic E-state index is -0.516. The first kappa shape index (κ1) is 17.4. The van der Waals surface area contributed by atoms with Crippen molar-refractivity contribution in [3.05, 3.63) is 70.3 Å². The lowest BCUT2D eigenvalue weighted by Crippen LogP contribution is -2.38. The Kier molecular flexibility index (Phi) is 5.86. The largest absolute Gasteiger partial charge is 0.394 e. The van der Waals surface area contributed by atoms with Gasteiger partial charge in [-0.05, 0) is 11.6 Å². The Labute approximate surface area is 139 Å². The zero-order chi connectivity index (χ0) is 17.5. The molecule has 0 aliphatic heterocycles. The van der Waals surface area contributed by atoms with Gasteiger partial charge in [0.05, 0.1) is 24.1 Å². The van der Waals surface area contributed by atoms with Gasteiger partial charge in [0.2, 0.25) is 5.91 Å². The SMILES string of the molecule is CN(CC(=O)NC(CO)c1ccccc1)c1ccccc1[N+](=O)[O-]. The van der Waals surface area contributed by atoms with Gasteiger partial charge in [0.1, 0.15) is 5.69 Å². The first-order valence-electron chi connectivity index (χ1n) is 7.42. The molecule has 7 nitrogen and oxygen atoms in total. The van der Waals surface area contributed by atoms with Gasteiger partial charge in [-0.25, -0.2) is 0 Å². The lowest BCUT2D eigenvalue weighted by Gasteiger charge is -2.21. The van der Waals surface area contributed by atoms with Crippen LogP contribution in [0.2, 0.25) is 0 Å². The van der Waals surface area contributed by atoms with E-state index in [0.717, 1.165) is 5.56 Å². The van der Waals surface area contributed by atoms with Crippen LogP contribution in [0.4, 0.5) is 11.4 Å². The number of likely N-dealkylation sites (N-methyl/N-ethyl adjacent to an activating group) is 1. The van der Waals surface area contributed by atoms with Gasteiger partial charge >= 0.3 is 0 Å². The van der Waals surface area contributed by atoms with Crippen LogP contribution in [0.3, 0.4) is 0 Å². The fourth-order valence-corrected chi connectivity index (χ4v) is 2.40. The van der Waals surface area contributed by atoms with E-state index in [1.165, 1.54) is 11.0 Å². The minimum Gasteiger partial charge on any atom is -0.394 e. The molecule has 0 bridgehead atoms. The van der Waals surface area contributed by atoms with Crippen molar-refractivity contribution in [2.24, 2.45) is 0 Å². The molecule has 1 unspecified atom stereocenters. The number of carbonyl (C=O) groups is 1. The molecular weight excluding hydrogens is 310 g/mol. The molecule has 24 heavy (non-hydrogen) atoms. The molecule has 0 spiro atoms. The molecule has 0 aromatic heterocycles. The van der Waals surface area contributed by atoms with Gasteiger partial charge in [0, 0.05) is 13.1 Å². The summed E-state index contributed by atoms with van der Waals surface area (Å²) < 4.78 is 0. The van der Waals surface area contributed by atoms with E-state index in [9.17, 15) is 20.0 Å². The summed E-state index contributed by atoms with van der Waals surface area (Å²) in [6.45, 7) is -0.293. The molecule has 2 aromatic carbocycles. The van der Waals surface area contributed by atoms with Crippen molar-refractivity contribution in [2.45, 2.75) is 6.04 Å². The van der Waals surface area contributed by atoms with Gasteiger partial charge < -0.3 is 15.3 Å². The number of nitro groups is 1. The van der Waals surface area contributed by atoms with E-state index in [2.05, 4.69) is 5.32 Å². The van der Waals surface area contributed by atoms with Crippen molar-refractivity contribution in [1.82, 2.24) is 5.32 Å². The lowest BCUT2D eigenvalue weighted by molar-refractivity contribution is -0.384. The average Bonchev–Trinajstić information content (AvgIpc) is 2.60. The van der Waals surface area contributed by atoms with E-state index in [1.54, 1.807) is 25.2 Å². The van der Waals surface area contributed by atoms with Gasteiger partial charge in [-0.2, -0.15) is 0 Å².